The van der Waals surface area contributed by atoms with Crippen LogP contribution in [0.2, 0.25) is 0 Å². The summed E-state index contributed by atoms with van der Waals surface area (Å²) in [6.45, 7) is 18.5. The monoisotopic (exact) mass is 435 g/mol. The SMILES string of the molecule is CCNC(=NCc1cc(C(C)C)no1)N1CCC(CN(CC)C(=O)OC(C)(C)C)CC1. The first-order valence-corrected chi connectivity index (χ1v) is 11.6. The van der Waals surface area contributed by atoms with E-state index in [4.69, 9.17) is 14.3 Å². The van der Waals surface area contributed by atoms with E-state index in [0.29, 0.717) is 24.9 Å². The number of amides is 1. The molecule has 1 aromatic heterocycles. The fourth-order valence-corrected chi connectivity index (χ4v) is 3.55. The molecule has 1 amide bonds. The molecular formula is C23H41N5O3. The maximum Gasteiger partial charge on any atom is 0.410 e. The molecule has 0 saturated carbocycles. The molecule has 1 aliphatic rings. The largest absolute Gasteiger partial charge is 0.444 e. The molecule has 176 valence electrons. The van der Waals surface area contributed by atoms with E-state index in [9.17, 15) is 4.79 Å². The summed E-state index contributed by atoms with van der Waals surface area (Å²) in [5.41, 5.74) is 0.492. The third kappa shape index (κ3) is 8.07. The number of piperidine rings is 1. The summed E-state index contributed by atoms with van der Waals surface area (Å²) in [6, 6.07) is 1.99. The van der Waals surface area contributed by atoms with E-state index in [1.807, 2.05) is 38.7 Å². The van der Waals surface area contributed by atoms with Crippen molar-refractivity contribution in [3.8, 4) is 0 Å². The summed E-state index contributed by atoms with van der Waals surface area (Å²) in [5.74, 6) is 2.50. The standard InChI is InChI=1S/C23H41N5O3/c1-8-24-21(25-15-19-14-20(17(3)4)26-31-19)28-12-10-18(11-13-28)16-27(9-2)22(29)30-23(5,6)7/h14,17-18H,8-13,15-16H2,1-7H3,(H,24,25). The first kappa shape index (κ1) is 25.0. The molecular weight excluding hydrogens is 394 g/mol. The van der Waals surface area contributed by atoms with Gasteiger partial charge in [-0.15, -0.1) is 0 Å². The summed E-state index contributed by atoms with van der Waals surface area (Å²) in [5, 5.41) is 7.51. The van der Waals surface area contributed by atoms with Gasteiger partial charge >= 0.3 is 6.09 Å². The average molecular weight is 436 g/mol. The third-order valence-electron chi connectivity index (χ3n) is 5.31. The fourth-order valence-electron chi connectivity index (χ4n) is 3.55. The van der Waals surface area contributed by atoms with Crippen molar-refractivity contribution in [1.29, 1.82) is 0 Å². The molecule has 0 atom stereocenters. The lowest BCUT2D eigenvalue weighted by Gasteiger charge is -2.36. The van der Waals surface area contributed by atoms with Crippen LogP contribution in [0.25, 0.3) is 0 Å². The maximum atomic E-state index is 12.4. The van der Waals surface area contributed by atoms with Crippen LogP contribution < -0.4 is 5.32 Å². The van der Waals surface area contributed by atoms with Gasteiger partial charge in [0.25, 0.3) is 0 Å². The second kappa shape index (κ2) is 11.4. The number of nitrogens with zero attached hydrogens (tertiary/aromatic N) is 4. The lowest BCUT2D eigenvalue weighted by atomic mass is 9.96. The summed E-state index contributed by atoms with van der Waals surface area (Å²) < 4.78 is 11.0. The van der Waals surface area contributed by atoms with Gasteiger partial charge in [0.1, 0.15) is 12.1 Å². The zero-order valence-corrected chi connectivity index (χ0v) is 20.4. The zero-order valence-electron chi connectivity index (χ0n) is 20.4. The Morgan fingerprint density at radius 1 is 1.35 bits per heavy atom. The van der Waals surface area contributed by atoms with Crippen LogP contribution in [0.3, 0.4) is 0 Å². The Labute approximate surface area is 187 Å². The maximum absolute atomic E-state index is 12.4. The number of aliphatic imine (C=N–C) groups is 1. The van der Waals surface area contributed by atoms with E-state index in [0.717, 1.165) is 56.4 Å². The van der Waals surface area contributed by atoms with E-state index in [1.165, 1.54) is 0 Å². The molecule has 31 heavy (non-hydrogen) atoms. The Kier molecular flexibility index (Phi) is 9.19. The van der Waals surface area contributed by atoms with Crippen LogP contribution in [0.15, 0.2) is 15.6 Å². The number of rotatable bonds is 7. The number of likely N-dealkylation sites (tertiary alicyclic amines) is 1. The van der Waals surface area contributed by atoms with Crippen molar-refractivity contribution >= 4 is 12.1 Å². The molecule has 0 unspecified atom stereocenters. The minimum absolute atomic E-state index is 0.222. The van der Waals surface area contributed by atoms with E-state index in [1.54, 1.807) is 0 Å². The Balaban J connectivity index is 1.91. The average Bonchev–Trinajstić information content (AvgIpc) is 3.18. The molecule has 1 N–H and O–H groups in total. The zero-order chi connectivity index (χ0) is 23.0. The van der Waals surface area contributed by atoms with Crippen molar-refractivity contribution in [2.24, 2.45) is 10.9 Å². The number of nitrogens with one attached hydrogen (secondary N) is 1. The molecule has 1 fully saturated rings. The van der Waals surface area contributed by atoms with E-state index < -0.39 is 5.60 Å². The number of hydrogen-bond acceptors (Lipinski definition) is 5. The van der Waals surface area contributed by atoms with Gasteiger partial charge in [-0.25, -0.2) is 9.79 Å². The smallest absolute Gasteiger partial charge is 0.410 e. The van der Waals surface area contributed by atoms with Crippen molar-refractivity contribution in [3.63, 3.8) is 0 Å². The van der Waals surface area contributed by atoms with Crippen LogP contribution in [-0.2, 0) is 11.3 Å². The Morgan fingerprint density at radius 2 is 2.03 bits per heavy atom. The van der Waals surface area contributed by atoms with Gasteiger partial charge in [-0.2, -0.15) is 0 Å². The highest BCUT2D eigenvalue weighted by atomic mass is 16.6. The molecule has 0 radical (unpaired) electrons. The molecule has 1 saturated heterocycles. The van der Waals surface area contributed by atoms with Gasteiger partial charge in [0.2, 0.25) is 0 Å². The van der Waals surface area contributed by atoms with Crippen molar-refractivity contribution < 1.29 is 14.1 Å². The van der Waals surface area contributed by atoms with Crippen molar-refractivity contribution in [3.05, 3.63) is 17.5 Å². The van der Waals surface area contributed by atoms with Crippen LogP contribution in [-0.4, -0.2) is 65.3 Å². The van der Waals surface area contributed by atoms with Gasteiger partial charge < -0.3 is 24.4 Å². The molecule has 0 bridgehead atoms. The molecule has 2 heterocycles. The lowest BCUT2D eigenvalue weighted by molar-refractivity contribution is 0.0214. The predicted molar refractivity (Wildman–Crippen MR) is 123 cm³/mol. The third-order valence-corrected chi connectivity index (χ3v) is 5.31. The summed E-state index contributed by atoms with van der Waals surface area (Å²) in [6.07, 6.45) is 1.81. The Morgan fingerprint density at radius 3 is 2.55 bits per heavy atom. The predicted octanol–water partition coefficient (Wildman–Crippen LogP) is 4.23. The summed E-state index contributed by atoms with van der Waals surface area (Å²) in [7, 11) is 0. The second-order valence-corrected chi connectivity index (χ2v) is 9.49. The van der Waals surface area contributed by atoms with Crippen molar-refractivity contribution in [1.82, 2.24) is 20.3 Å². The van der Waals surface area contributed by atoms with E-state index in [2.05, 4.69) is 36.1 Å². The van der Waals surface area contributed by atoms with Gasteiger partial charge in [0.15, 0.2) is 11.7 Å². The number of carbonyl (C=O) groups is 1. The number of hydrogen-bond donors (Lipinski definition) is 1. The minimum Gasteiger partial charge on any atom is -0.444 e. The summed E-state index contributed by atoms with van der Waals surface area (Å²) in [4.78, 5) is 21.3. The van der Waals surface area contributed by atoms with Gasteiger partial charge in [0, 0.05) is 38.8 Å². The topological polar surface area (TPSA) is 83.2 Å². The molecule has 0 aliphatic carbocycles. The molecule has 0 aromatic carbocycles. The van der Waals surface area contributed by atoms with E-state index >= 15 is 0 Å². The second-order valence-electron chi connectivity index (χ2n) is 9.49. The quantitative estimate of drug-likeness (QED) is 0.510. The Bertz CT molecular complexity index is 715. The highest BCUT2D eigenvalue weighted by Crippen LogP contribution is 2.20. The van der Waals surface area contributed by atoms with Gasteiger partial charge in [-0.1, -0.05) is 19.0 Å². The molecule has 1 aromatic rings. The van der Waals surface area contributed by atoms with Crippen LogP contribution in [0.1, 0.15) is 78.7 Å². The Hall–Kier alpha value is -2.25. The van der Waals surface area contributed by atoms with Crippen molar-refractivity contribution in [2.75, 3.05) is 32.7 Å². The number of guanidine groups is 1. The highest BCUT2D eigenvalue weighted by molar-refractivity contribution is 5.80. The molecule has 2 rings (SSSR count). The first-order valence-electron chi connectivity index (χ1n) is 11.6. The van der Waals surface area contributed by atoms with Crippen LogP contribution >= 0.6 is 0 Å². The van der Waals surface area contributed by atoms with Gasteiger partial charge in [0.05, 0.1) is 5.69 Å². The van der Waals surface area contributed by atoms with Crippen LogP contribution in [0.4, 0.5) is 4.79 Å². The minimum atomic E-state index is -0.468. The van der Waals surface area contributed by atoms with Crippen molar-refractivity contribution in [2.45, 2.75) is 79.4 Å². The molecule has 8 heteroatoms. The number of ether oxygens (including phenoxy) is 1. The van der Waals surface area contributed by atoms with Gasteiger partial charge in [-0.3, -0.25) is 0 Å². The van der Waals surface area contributed by atoms with Gasteiger partial charge in [-0.05, 0) is 59.3 Å². The van der Waals surface area contributed by atoms with E-state index in [-0.39, 0.29) is 6.09 Å². The van der Waals surface area contributed by atoms with Crippen LogP contribution in [0.5, 0.6) is 0 Å². The summed E-state index contributed by atoms with van der Waals surface area (Å²) >= 11 is 0. The number of carbonyl (C=O) groups excluding carboxylic acids is 1. The number of aromatic nitrogens is 1. The lowest BCUT2D eigenvalue weighted by Crippen LogP contribution is -2.47. The molecule has 0 spiro atoms. The normalized spacial score (nSPS) is 16.0. The fraction of sp³-hybridized carbons (Fsp3) is 0.783. The van der Waals surface area contributed by atoms with Crippen LogP contribution in [0, 0.1) is 5.92 Å². The molecule has 8 nitrogen and oxygen atoms in total. The highest BCUT2D eigenvalue weighted by Gasteiger charge is 2.27. The first-order chi connectivity index (χ1) is 14.6. The molecule has 1 aliphatic heterocycles.